The van der Waals surface area contributed by atoms with Crippen LogP contribution in [-0.4, -0.2) is 31.1 Å². The molecule has 0 atom stereocenters. The van der Waals surface area contributed by atoms with Gasteiger partial charge in [0.1, 0.15) is 0 Å². The molecule has 0 aromatic heterocycles. The summed E-state index contributed by atoms with van der Waals surface area (Å²) in [6.07, 6.45) is 6.23. The van der Waals surface area contributed by atoms with E-state index in [4.69, 9.17) is 21.7 Å². The van der Waals surface area contributed by atoms with Gasteiger partial charge in [0, 0.05) is 11.6 Å². The van der Waals surface area contributed by atoms with E-state index in [1.54, 1.807) is 14.2 Å². The molecular formula is C17H25N3O2S. The zero-order valence-electron chi connectivity index (χ0n) is 14.0. The predicted molar refractivity (Wildman–Crippen MR) is 97.5 cm³/mol. The van der Waals surface area contributed by atoms with E-state index < -0.39 is 0 Å². The lowest BCUT2D eigenvalue weighted by atomic mass is 9.96. The van der Waals surface area contributed by atoms with Gasteiger partial charge in [-0.15, -0.1) is 0 Å². The first kappa shape index (κ1) is 17.5. The lowest BCUT2D eigenvalue weighted by molar-refractivity contribution is 0.355. The van der Waals surface area contributed by atoms with Crippen LogP contribution in [0.5, 0.6) is 11.5 Å². The first-order chi connectivity index (χ1) is 11.1. The molecule has 1 aromatic carbocycles. The van der Waals surface area contributed by atoms with Crippen LogP contribution in [0.3, 0.4) is 0 Å². The van der Waals surface area contributed by atoms with E-state index in [1.807, 2.05) is 25.1 Å². The van der Waals surface area contributed by atoms with Gasteiger partial charge >= 0.3 is 0 Å². The number of hydrogen-bond donors (Lipinski definition) is 2. The Morgan fingerprint density at radius 2 is 1.83 bits per heavy atom. The molecule has 0 aliphatic heterocycles. The summed E-state index contributed by atoms with van der Waals surface area (Å²) in [6.45, 7) is 1.93. The normalized spacial score (nSPS) is 15.9. The minimum Gasteiger partial charge on any atom is -0.493 e. The predicted octanol–water partition coefficient (Wildman–Crippen LogP) is 3.22. The van der Waals surface area contributed by atoms with Gasteiger partial charge in [-0.3, -0.25) is 5.43 Å². The summed E-state index contributed by atoms with van der Waals surface area (Å²) in [7, 11) is 3.24. The average Bonchev–Trinajstić information content (AvgIpc) is 2.59. The summed E-state index contributed by atoms with van der Waals surface area (Å²) >= 11 is 5.32. The Labute approximate surface area is 143 Å². The Hall–Kier alpha value is -1.82. The van der Waals surface area contributed by atoms with Crippen molar-refractivity contribution in [3.8, 4) is 11.5 Å². The van der Waals surface area contributed by atoms with Crippen molar-refractivity contribution in [2.24, 2.45) is 5.10 Å². The molecule has 6 heteroatoms. The highest BCUT2D eigenvalue weighted by molar-refractivity contribution is 7.80. The monoisotopic (exact) mass is 335 g/mol. The lowest BCUT2D eigenvalue weighted by Crippen LogP contribution is -2.41. The van der Waals surface area contributed by atoms with Gasteiger partial charge < -0.3 is 14.8 Å². The van der Waals surface area contributed by atoms with Gasteiger partial charge in [0.2, 0.25) is 0 Å². The Morgan fingerprint density at radius 1 is 1.13 bits per heavy atom. The third kappa shape index (κ3) is 5.10. The van der Waals surface area contributed by atoms with Crippen LogP contribution in [0.4, 0.5) is 0 Å². The second-order valence-electron chi connectivity index (χ2n) is 5.69. The number of methoxy groups -OCH3 is 2. The van der Waals surface area contributed by atoms with Gasteiger partial charge in [-0.2, -0.15) is 5.10 Å². The van der Waals surface area contributed by atoms with E-state index in [0.717, 1.165) is 11.3 Å². The lowest BCUT2D eigenvalue weighted by Gasteiger charge is -2.23. The molecule has 1 saturated carbocycles. The maximum absolute atomic E-state index is 5.32. The molecule has 0 unspecified atom stereocenters. The SMILES string of the molecule is COc1ccc(/C(C)=N/NC(=S)NC2CCCCC2)cc1OC. The number of nitrogens with zero attached hydrogens (tertiary/aromatic N) is 1. The molecule has 2 N–H and O–H groups in total. The molecule has 1 aliphatic rings. The maximum Gasteiger partial charge on any atom is 0.187 e. The van der Waals surface area contributed by atoms with Crippen LogP contribution in [0.25, 0.3) is 0 Å². The van der Waals surface area contributed by atoms with Crippen molar-refractivity contribution in [1.29, 1.82) is 0 Å². The van der Waals surface area contributed by atoms with E-state index in [-0.39, 0.29) is 0 Å². The van der Waals surface area contributed by atoms with Gasteiger partial charge in [0.05, 0.1) is 19.9 Å². The van der Waals surface area contributed by atoms with Gasteiger partial charge in [-0.05, 0) is 50.2 Å². The van der Waals surface area contributed by atoms with Crippen LogP contribution in [-0.2, 0) is 0 Å². The Bertz CT molecular complexity index is 569. The molecule has 1 fully saturated rings. The zero-order chi connectivity index (χ0) is 16.7. The fourth-order valence-electron chi connectivity index (χ4n) is 2.73. The van der Waals surface area contributed by atoms with Gasteiger partial charge in [-0.25, -0.2) is 0 Å². The largest absolute Gasteiger partial charge is 0.493 e. The van der Waals surface area contributed by atoms with Gasteiger partial charge in [-0.1, -0.05) is 19.3 Å². The molecule has 0 bridgehead atoms. The van der Waals surface area contributed by atoms with Crippen molar-refractivity contribution in [3.63, 3.8) is 0 Å². The van der Waals surface area contributed by atoms with Crippen LogP contribution in [0.2, 0.25) is 0 Å². The molecule has 5 nitrogen and oxygen atoms in total. The number of hydrazone groups is 1. The fourth-order valence-corrected chi connectivity index (χ4v) is 2.94. The minimum absolute atomic E-state index is 0.473. The van der Waals surface area contributed by atoms with Crippen molar-refractivity contribution in [1.82, 2.24) is 10.7 Å². The highest BCUT2D eigenvalue weighted by Gasteiger charge is 2.13. The number of hydrogen-bond acceptors (Lipinski definition) is 4. The quantitative estimate of drug-likeness (QED) is 0.491. The zero-order valence-corrected chi connectivity index (χ0v) is 14.8. The summed E-state index contributed by atoms with van der Waals surface area (Å²) in [4.78, 5) is 0. The topological polar surface area (TPSA) is 54.9 Å². The average molecular weight is 335 g/mol. The number of benzene rings is 1. The van der Waals surface area contributed by atoms with Crippen LogP contribution in [0.1, 0.15) is 44.6 Å². The molecule has 23 heavy (non-hydrogen) atoms. The van der Waals surface area contributed by atoms with E-state index >= 15 is 0 Å². The third-order valence-electron chi connectivity index (χ3n) is 4.07. The molecule has 0 amide bonds. The van der Waals surface area contributed by atoms with Gasteiger partial charge in [0.25, 0.3) is 0 Å². The van der Waals surface area contributed by atoms with Crippen molar-refractivity contribution in [3.05, 3.63) is 23.8 Å². The molecule has 0 saturated heterocycles. The smallest absolute Gasteiger partial charge is 0.187 e. The molecular weight excluding hydrogens is 310 g/mol. The fraction of sp³-hybridized carbons (Fsp3) is 0.529. The third-order valence-corrected chi connectivity index (χ3v) is 4.28. The summed E-state index contributed by atoms with van der Waals surface area (Å²) < 4.78 is 10.6. The van der Waals surface area contributed by atoms with Crippen LogP contribution < -0.4 is 20.2 Å². The molecule has 0 spiro atoms. The molecule has 2 rings (SSSR count). The van der Waals surface area contributed by atoms with Crippen molar-refractivity contribution in [2.75, 3.05) is 14.2 Å². The first-order valence-corrected chi connectivity index (χ1v) is 8.38. The number of ether oxygens (including phenoxy) is 2. The van der Waals surface area contributed by atoms with Crippen LogP contribution >= 0.6 is 12.2 Å². The Morgan fingerprint density at radius 3 is 2.48 bits per heavy atom. The number of nitrogens with one attached hydrogen (secondary N) is 2. The van der Waals surface area contributed by atoms with E-state index in [9.17, 15) is 0 Å². The second-order valence-corrected chi connectivity index (χ2v) is 6.10. The van der Waals surface area contributed by atoms with E-state index in [1.165, 1.54) is 32.1 Å². The van der Waals surface area contributed by atoms with Gasteiger partial charge in [0.15, 0.2) is 16.6 Å². The summed E-state index contributed by atoms with van der Waals surface area (Å²) in [6, 6.07) is 6.18. The van der Waals surface area contributed by atoms with Crippen molar-refractivity contribution in [2.45, 2.75) is 45.1 Å². The minimum atomic E-state index is 0.473. The van der Waals surface area contributed by atoms with E-state index in [0.29, 0.717) is 22.7 Å². The Balaban J connectivity index is 1.94. The maximum atomic E-state index is 5.32. The van der Waals surface area contributed by atoms with E-state index in [2.05, 4.69) is 15.8 Å². The molecule has 126 valence electrons. The number of rotatable bonds is 5. The van der Waals surface area contributed by atoms with Crippen molar-refractivity contribution >= 4 is 23.0 Å². The van der Waals surface area contributed by atoms with Crippen LogP contribution in [0.15, 0.2) is 23.3 Å². The summed E-state index contributed by atoms with van der Waals surface area (Å²) in [5.41, 5.74) is 4.72. The molecule has 0 radical (unpaired) electrons. The Kier molecular flexibility index (Phi) is 6.65. The standard InChI is InChI=1S/C17H25N3O2S/c1-12(13-9-10-15(21-2)16(11-13)22-3)19-20-17(23)18-14-7-5-4-6-8-14/h9-11,14H,4-8H2,1-3H3,(H2,18,20,23)/b19-12+. The highest BCUT2D eigenvalue weighted by Crippen LogP contribution is 2.27. The second kappa shape index (κ2) is 8.72. The molecule has 0 heterocycles. The number of thiocarbonyl (C=S) groups is 1. The van der Waals surface area contributed by atoms with Crippen molar-refractivity contribution < 1.29 is 9.47 Å². The summed E-state index contributed by atoms with van der Waals surface area (Å²) in [5, 5.41) is 8.27. The molecule has 1 aliphatic carbocycles. The first-order valence-electron chi connectivity index (χ1n) is 7.97. The highest BCUT2D eigenvalue weighted by atomic mass is 32.1. The summed E-state index contributed by atoms with van der Waals surface area (Å²) in [5.74, 6) is 1.38. The molecule has 1 aromatic rings. The van der Waals surface area contributed by atoms with Crippen LogP contribution in [0, 0.1) is 0 Å².